The number of hydrogen-bond acceptors (Lipinski definition) is 4. The predicted octanol–water partition coefficient (Wildman–Crippen LogP) is -0.00952. The first kappa shape index (κ1) is 12.9. The van der Waals surface area contributed by atoms with E-state index in [1.54, 1.807) is 0 Å². The minimum Gasteiger partial charge on any atom is -0.299 e. The topological polar surface area (TPSA) is 82.2 Å². The summed E-state index contributed by atoms with van der Waals surface area (Å²) in [5, 5.41) is 8.44. The van der Waals surface area contributed by atoms with Crippen LogP contribution in [0.15, 0.2) is 0 Å². The van der Waals surface area contributed by atoms with Crippen molar-refractivity contribution in [3.05, 3.63) is 0 Å². The van der Waals surface area contributed by atoms with Gasteiger partial charge in [0, 0.05) is 32.0 Å². The summed E-state index contributed by atoms with van der Waals surface area (Å²) in [6.07, 6.45) is 0.864. The molecule has 5 nitrogen and oxygen atoms in total. The molecule has 0 saturated carbocycles. The van der Waals surface area contributed by atoms with Crippen LogP contribution in [-0.2, 0) is 4.79 Å². The molecule has 0 atom stereocenters. The van der Waals surface area contributed by atoms with E-state index in [-0.39, 0.29) is 5.91 Å². The number of carbonyl (C=O) groups excluding carboxylic acids is 1. The standard InChI is InChI=1S/C9H18N4O/c1-8(2)13(6-3-5-10)7-4-9(14)12-11/h8H,3-4,6-7,11H2,1-2H3,(H,12,14). The molecule has 80 valence electrons. The fourth-order valence-electron chi connectivity index (χ4n) is 1.14. The van der Waals surface area contributed by atoms with Gasteiger partial charge in [0.25, 0.3) is 0 Å². The Morgan fingerprint density at radius 2 is 2.21 bits per heavy atom. The van der Waals surface area contributed by atoms with Crippen molar-refractivity contribution >= 4 is 5.91 Å². The lowest BCUT2D eigenvalue weighted by molar-refractivity contribution is -0.121. The third kappa shape index (κ3) is 5.51. The molecule has 0 aliphatic heterocycles. The smallest absolute Gasteiger partial charge is 0.235 e. The molecule has 0 radical (unpaired) electrons. The second-order valence-corrected chi connectivity index (χ2v) is 3.36. The molecule has 0 heterocycles. The lowest BCUT2D eigenvalue weighted by atomic mass is 10.2. The van der Waals surface area contributed by atoms with Gasteiger partial charge in [-0.05, 0) is 13.8 Å². The number of nitrogens with one attached hydrogen (secondary N) is 1. The number of hydrogen-bond donors (Lipinski definition) is 2. The molecule has 0 spiro atoms. The van der Waals surface area contributed by atoms with Gasteiger partial charge in [-0.25, -0.2) is 5.84 Å². The van der Waals surface area contributed by atoms with Crippen LogP contribution in [0.3, 0.4) is 0 Å². The Hall–Kier alpha value is -1.12. The summed E-state index contributed by atoms with van der Waals surface area (Å²) in [4.78, 5) is 13.0. The second-order valence-electron chi connectivity index (χ2n) is 3.36. The SMILES string of the molecule is CC(C)N(CCC#N)CCC(=O)NN. The Balaban J connectivity index is 3.86. The summed E-state index contributed by atoms with van der Waals surface area (Å²) in [6.45, 7) is 5.42. The van der Waals surface area contributed by atoms with Gasteiger partial charge in [-0.1, -0.05) is 0 Å². The van der Waals surface area contributed by atoms with E-state index < -0.39 is 0 Å². The van der Waals surface area contributed by atoms with Gasteiger partial charge in [0.05, 0.1) is 6.07 Å². The molecule has 0 rings (SSSR count). The maximum Gasteiger partial charge on any atom is 0.235 e. The number of rotatable bonds is 6. The fourth-order valence-corrected chi connectivity index (χ4v) is 1.14. The minimum atomic E-state index is -0.174. The first-order chi connectivity index (χ1) is 6.61. The predicted molar refractivity (Wildman–Crippen MR) is 53.9 cm³/mol. The molecule has 0 aromatic rings. The van der Waals surface area contributed by atoms with Crippen LogP contribution in [0.2, 0.25) is 0 Å². The first-order valence-electron chi connectivity index (χ1n) is 4.72. The van der Waals surface area contributed by atoms with E-state index in [4.69, 9.17) is 11.1 Å². The summed E-state index contributed by atoms with van der Waals surface area (Å²) in [5.74, 6) is 4.79. The van der Waals surface area contributed by atoms with Gasteiger partial charge in [-0.3, -0.25) is 15.1 Å². The highest BCUT2D eigenvalue weighted by atomic mass is 16.2. The lowest BCUT2D eigenvalue weighted by Crippen LogP contribution is -2.37. The van der Waals surface area contributed by atoms with Crippen molar-refractivity contribution in [1.29, 1.82) is 5.26 Å². The van der Waals surface area contributed by atoms with Crippen molar-refractivity contribution in [2.75, 3.05) is 13.1 Å². The maximum atomic E-state index is 10.9. The monoisotopic (exact) mass is 198 g/mol. The highest BCUT2D eigenvalue weighted by molar-refractivity contribution is 5.75. The number of nitrogens with zero attached hydrogens (tertiary/aromatic N) is 2. The first-order valence-corrected chi connectivity index (χ1v) is 4.72. The molecule has 14 heavy (non-hydrogen) atoms. The number of nitrogens with two attached hydrogens (primary N) is 1. The Morgan fingerprint density at radius 3 is 2.64 bits per heavy atom. The molecular formula is C9H18N4O. The third-order valence-electron chi connectivity index (χ3n) is 2.03. The van der Waals surface area contributed by atoms with Crippen LogP contribution in [-0.4, -0.2) is 29.9 Å². The van der Waals surface area contributed by atoms with Gasteiger partial charge in [0.1, 0.15) is 0 Å². The van der Waals surface area contributed by atoms with Crippen LogP contribution in [0.25, 0.3) is 0 Å². The number of hydrazine groups is 1. The molecule has 0 aliphatic carbocycles. The van der Waals surface area contributed by atoms with E-state index in [1.165, 1.54) is 0 Å². The van der Waals surface area contributed by atoms with Crippen molar-refractivity contribution in [3.8, 4) is 6.07 Å². The molecule has 0 aromatic carbocycles. The van der Waals surface area contributed by atoms with E-state index >= 15 is 0 Å². The Bertz CT molecular complexity index is 209. The molecule has 1 amide bonds. The summed E-state index contributed by atoms with van der Waals surface area (Å²) >= 11 is 0. The lowest BCUT2D eigenvalue weighted by Gasteiger charge is -2.24. The number of nitriles is 1. The molecular weight excluding hydrogens is 180 g/mol. The summed E-state index contributed by atoms with van der Waals surface area (Å²) in [6, 6.07) is 2.43. The normalized spacial score (nSPS) is 10.3. The number of carbonyl (C=O) groups is 1. The van der Waals surface area contributed by atoms with Crippen molar-refractivity contribution < 1.29 is 4.79 Å². The molecule has 0 saturated heterocycles. The van der Waals surface area contributed by atoms with Crippen molar-refractivity contribution in [3.63, 3.8) is 0 Å². The average molecular weight is 198 g/mol. The Kier molecular flexibility index (Phi) is 6.72. The Morgan fingerprint density at radius 1 is 1.57 bits per heavy atom. The van der Waals surface area contributed by atoms with Gasteiger partial charge in [0.15, 0.2) is 0 Å². The van der Waals surface area contributed by atoms with Gasteiger partial charge in [0.2, 0.25) is 5.91 Å². The van der Waals surface area contributed by atoms with Crippen molar-refractivity contribution in [1.82, 2.24) is 10.3 Å². The number of amides is 1. The largest absolute Gasteiger partial charge is 0.299 e. The van der Waals surface area contributed by atoms with Crippen LogP contribution < -0.4 is 11.3 Å². The van der Waals surface area contributed by atoms with Crippen LogP contribution >= 0.6 is 0 Å². The Labute approximate surface area is 84.8 Å². The van der Waals surface area contributed by atoms with Gasteiger partial charge >= 0.3 is 0 Å². The molecule has 0 aliphatic rings. The minimum absolute atomic E-state index is 0.174. The highest BCUT2D eigenvalue weighted by Crippen LogP contribution is 2.00. The van der Waals surface area contributed by atoms with E-state index in [0.29, 0.717) is 32.0 Å². The zero-order valence-electron chi connectivity index (χ0n) is 8.79. The van der Waals surface area contributed by atoms with Gasteiger partial charge in [-0.2, -0.15) is 5.26 Å². The average Bonchev–Trinajstić information content (AvgIpc) is 2.16. The van der Waals surface area contributed by atoms with Crippen molar-refractivity contribution in [2.24, 2.45) is 5.84 Å². The summed E-state index contributed by atoms with van der Waals surface area (Å²) < 4.78 is 0. The summed E-state index contributed by atoms with van der Waals surface area (Å²) in [5.41, 5.74) is 2.08. The van der Waals surface area contributed by atoms with E-state index in [1.807, 2.05) is 13.8 Å². The third-order valence-corrected chi connectivity index (χ3v) is 2.03. The molecule has 0 aromatic heterocycles. The van der Waals surface area contributed by atoms with Crippen molar-refractivity contribution in [2.45, 2.75) is 32.7 Å². The van der Waals surface area contributed by atoms with Crippen LogP contribution in [0.1, 0.15) is 26.7 Å². The summed E-state index contributed by atoms with van der Waals surface area (Å²) in [7, 11) is 0. The van der Waals surface area contributed by atoms with E-state index in [9.17, 15) is 4.79 Å². The van der Waals surface area contributed by atoms with Crippen LogP contribution in [0.4, 0.5) is 0 Å². The quantitative estimate of drug-likeness (QED) is 0.357. The zero-order valence-corrected chi connectivity index (χ0v) is 8.79. The molecule has 5 heteroatoms. The molecule has 0 unspecified atom stereocenters. The van der Waals surface area contributed by atoms with Crippen LogP contribution in [0, 0.1) is 11.3 Å². The molecule has 3 N–H and O–H groups in total. The maximum absolute atomic E-state index is 10.9. The van der Waals surface area contributed by atoms with Gasteiger partial charge < -0.3 is 0 Å². The zero-order chi connectivity index (χ0) is 11.0. The van der Waals surface area contributed by atoms with E-state index in [2.05, 4.69) is 16.4 Å². The van der Waals surface area contributed by atoms with Gasteiger partial charge in [-0.15, -0.1) is 0 Å². The molecule has 0 fully saturated rings. The highest BCUT2D eigenvalue weighted by Gasteiger charge is 2.10. The second kappa shape index (κ2) is 7.30. The molecule has 0 bridgehead atoms. The van der Waals surface area contributed by atoms with Crippen LogP contribution in [0.5, 0.6) is 0 Å². The van der Waals surface area contributed by atoms with E-state index in [0.717, 1.165) is 0 Å². The fraction of sp³-hybridized carbons (Fsp3) is 0.778.